The van der Waals surface area contributed by atoms with Crippen LogP contribution < -0.4 is 5.32 Å². The Morgan fingerprint density at radius 2 is 2.00 bits per heavy atom. The van der Waals surface area contributed by atoms with Crippen LogP contribution in [0, 0.1) is 11.3 Å². The van der Waals surface area contributed by atoms with Gasteiger partial charge in [-0.3, -0.25) is 4.79 Å². The van der Waals surface area contributed by atoms with Gasteiger partial charge in [0.2, 0.25) is 5.91 Å². The first-order valence-corrected chi connectivity index (χ1v) is 6.54. The van der Waals surface area contributed by atoms with Crippen molar-refractivity contribution >= 4 is 5.91 Å². The lowest BCUT2D eigenvalue weighted by Crippen LogP contribution is -2.48. The maximum atomic E-state index is 12.4. The van der Waals surface area contributed by atoms with Gasteiger partial charge in [-0.15, -0.1) is 0 Å². The van der Waals surface area contributed by atoms with E-state index in [0.29, 0.717) is 11.8 Å². The minimum atomic E-state index is -0.223. The number of rotatable bonds is 4. The Balaban J connectivity index is 2.70. The highest BCUT2D eigenvalue weighted by Crippen LogP contribution is 2.33. The lowest BCUT2D eigenvalue weighted by molar-refractivity contribution is -0.143. The first-order valence-electron chi connectivity index (χ1n) is 6.54. The molecule has 1 aliphatic rings. The molecule has 1 aliphatic heterocycles. The Morgan fingerprint density at radius 1 is 1.38 bits per heavy atom. The van der Waals surface area contributed by atoms with E-state index in [-0.39, 0.29) is 5.41 Å². The molecular formula is C13H26N2O. The maximum Gasteiger partial charge on any atom is 0.228 e. The average molecular weight is 226 g/mol. The molecule has 0 aliphatic carbocycles. The normalized spacial score (nSPS) is 21.9. The van der Waals surface area contributed by atoms with Crippen molar-refractivity contribution < 1.29 is 4.79 Å². The summed E-state index contributed by atoms with van der Waals surface area (Å²) in [6.45, 7) is 12.0. The van der Waals surface area contributed by atoms with Gasteiger partial charge in [-0.05, 0) is 45.7 Å². The lowest BCUT2D eigenvalue weighted by Gasteiger charge is -2.39. The van der Waals surface area contributed by atoms with Gasteiger partial charge in [0.1, 0.15) is 0 Å². The summed E-state index contributed by atoms with van der Waals surface area (Å²) < 4.78 is 0. The van der Waals surface area contributed by atoms with Crippen molar-refractivity contribution in [2.45, 2.75) is 40.5 Å². The number of nitrogens with zero attached hydrogens (tertiary/aromatic N) is 1. The van der Waals surface area contributed by atoms with Crippen molar-refractivity contribution in [2.24, 2.45) is 11.3 Å². The number of nitrogens with one attached hydrogen (secondary N) is 1. The number of amides is 1. The standard InChI is InChI=1S/C13H26N2O/c1-5-15(6-2)12(16)13(3,4)11-8-7-9-14-10-11/h11,14H,5-10H2,1-4H3. The fourth-order valence-corrected chi connectivity index (χ4v) is 2.56. The largest absolute Gasteiger partial charge is 0.343 e. The number of carbonyl (C=O) groups is 1. The van der Waals surface area contributed by atoms with E-state index in [9.17, 15) is 4.79 Å². The van der Waals surface area contributed by atoms with E-state index in [1.807, 2.05) is 4.90 Å². The van der Waals surface area contributed by atoms with Gasteiger partial charge in [0, 0.05) is 18.5 Å². The third-order valence-electron chi connectivity index (χ3n) is 3.92. The Hall–Kier alpha value is -0.570. The second-order valence-corrected chi connectivity index (χ2v) is 5.24. The number of hydrogen-bond acceptors (Lipinski definition) is 2. The molecule has 1 rings (SSSR count). The fraction of sp³-hybridized carbons (Fsp3) is 0.923. The van der Waals surface area contributed by atoms with Crippen LogP contribution in [0.1, 0.15) is 40.5 Å². The van der Waals surface area contributed by atoms with E-state index in [2.05, 4.69) is 33.0 Å². The van der Waals surface area contributed by atoms with Gasteiger partial charge in [0.05, 0.1) is 0 Å². The Labute approximate surface area is 99.6 Å². The topological polar surface area (TPSA) is 32.3 Å². The molecule has 1 saturated heterocycles. The minimum Gasteiger partial charge on any atom is -0.343 e. The average Bonchev–Trinajstić information content (AvgIpc) is 2.31. The fourth-order valence-electron chi connectivity index (χ4n) is 2.56. The van der Waals surface area contributed by atoms with Gasteiger partial charge in [-0.2, -0.15) is 0 Å². The third kappa shape index (κ3) is 2.76. The second kappa shape index (κ2) is 5.67. The molecule has 1 N–H and O–H groups in total. The van der Waals surface area contributed by atoms with Gasteiger partial charge >= 0.3 is 0 Å². The highest BCUT2D eigenvalue weighted by atomic mass is 16.2. The van der Waals surface area contributed by atoms with Gasteiger partial charge in [-0.1, -0.05) is 13.8 Å². The van der Waals surface area contributed by atoms with Crippen molar-refractivity contribution in [3.63, 3.8) is 0 Å². The monoisotopic (exact) mass is 226 g/mol. The van der Waals surface area contributed by atoms with Crippen LogP contribution in [0.3, 0.4) is 0 Å². The summed E-state index contributed by atoms with van der Waals surface area (Å²) in [6, 6.07) is 0. The van der Waals surface area contributed by atoms with Crippen LogP contribution >= 0.6 is 0 Å². The molecule has 1 fully saturated rings. The highest BCUT2D eigenvalue weighted by Gasteiger charge is 2.38. The summed E-state index contributed by atoms with van der Waals surface area (Å²) in [5.41, 5.74) is -0.223. The molecule has 1 atom stereocenters. The van der Waals surface area contributed by atoms with Crippen molar-refractivity contribution in [2.75, 3.05) is 26.2 Å². The van der Waals surface area contributed by atoms with Crippen LogP contribution in [-0.4, -0.2) is 37.0 Å². The Bertz CT molecular complexity index is 228. The quantitative estimate of drug-likeness (QED) is 0.794. The molecule has 3 nitrogen and oxygen atoms in total. The Kier molecular flexibility index (Phi) is 4.78. The minimum absolute atomic E-state index is 0.223. The zero-order chi connectivity index (χ0) is 12.2. The molecule has 1 amide bonds. The lowest BCUT2D eigenvalue weighted by atomic mass is 9.74. The molecule has 16 heavy (non-hydrogen) atoms. The van der Waals surface area contributed by atoms with Gasteiger partial charge in [-0.25, -0.2) is 0 Å². The van der Waals surface area contributed by atoms with Gasteiger partial charge in [0.15, 0.2) is 0 Å². The molecular weight excluding hydrogens is 200 g/mol. The predicted octanol–water partition coefficient (Wildman–Crippen LogP) is 1.88. The van der Waals surface area contributed by atoms with Crippen LogP contribution in [0.5, 0.6) is 0 Å². The molecule has 0 aromatic heterocycles. The van der Waals surface area contributed by atoms with E-state index in [0.717, 1.165) is 26.2 Å². The van der Waals surface area contributed by atoms with E-state index >= 15 is 0 Å². The summed E-state index contributed by atoms with van der Waals surface area (Å²) in [5.74, 6) is 0.792. The number of hydrogen-bond donors (Lipinski definition) is 1. The zero-order valence-electron chi connectivity index (χ0n) is 11.2. The number of piperidine rings is 1. The summed E-state index contributed by atoms with van der Waals surface area (Å²) in [5, 5.41) is 3.40. The van der Waals surface area contributed by atoms with Crippen LogP contribution in [-0.2, 0) is 4.79 Å². The van der Waals surface area contributed by atoms with Crippen LogP contribution in [0.15, 0.2) is 0 Å². The highest BCUT2D eigenvalue weighted by molar-refractivity contribution is 5.82. The SMILES string of the molecule is CCN(CC)C(=O)C(C)(C)C1CCCNC1. The molecule has 0 aromatic rings. The molecule has 94 valence electrons. The van der Waals surface area contributed by atoms with Gasteiger partial charge in [0.25, 0.3) is 0 Å². The maximum absolute atomic E-state index is 12.4. The van der Waals surface area contributed by atoms with Crippen LogP contribution in [0.4, 0.5) is 0 Å². The number of carbonyl (C=O) groups excluding carboxylic acids is 1. The molecule has 0 radical (unpaired) electrons. The molecule has 3 heteroatoms. The van der Waals surface area contributed by atoms with E-state index in [1.54, 1.807) is 0 Å². The summed E-state index contributed by atoms with van der Waals surface area (Å²) in [6.07, 6.45) is 2.37. The molecule has 1 unspecified atom stereocenters. The molecule has 0 aromatic carbocycles. The first-order chi connectivity index (χ1) is 7.54. The van der Waals surface area contributed by atoms with Crippen molar-refractivity contribution in [3.8, 4) is 0 Å². The van der Waals surface area contributed by atoms with E-state index in [4.69, 9.17) is 0 Å². The van der Waals surface area contributed by atoms with E-state index in [1.165, 1.54) is 12.8 Å². The predicted molar refractivity (Wildman–Crippen MR) is 67.3 cm³/mol. The van der Waals surface area contributed by atoms with Gasteiger partial charge < -0.3 is 10.2 Å². The van der Waals surface area contributed by atoms with Crippen molar-refractivity contribution in [1.82, 2.24) is 10.2 Å². The third-order valence-corrected chi connectivity index (χ3v) is 3.92. The smallest absolute Gasteiger partial charge is 0.228 e. The second-order valence-electron chi connectivity index (χ2n) is 5.24. The van der Waals surface area contributed by atoms with E-state index < -0.39 is 0 Å². The first kappa shape index (κ1) is 13.5. The zero-order valence-corrected chi connectivity index (χ0v) is 11.2. The summed E-state index contributed by atoms with van der Waals surface area (Å²) in [7, 11) is 0. The molecule has 0 spiro atoms. The van der Waals surface area contributed by atoms with Crippen molar-refractivity contribution in [3.05, 3.63) is 0 Å². The molecule has 1 heterocycles. The van der Waals surface area contributed by atoms with Crippen LogP contribution in [0.25, 0.3) is 0 Å². The van der Waals surface area contributed by atoms with Crippen molar-refractivity contribution in [1.29, 1.82) is 0 Å². The van der Waals surface area contributed by atoms with Crippen LogP contribution in [0.2, 0.25) is 0 Å². The Morgan fingerprint density at radius 3 is 2.44 bits per heavy atom. The summed E-state index contributed by atoms with van der Waals surface area (Å²) in [4.78, 5) is 14.4. The molecule has 0 saturated carbocycles. The molecule has 0 bridgehead atoms. The summed E-state index contributed by atoms with van der Waals surface area (Å²) >= 11 is 0.